The summed E-state index contributed by atoms with van der Waals surface area (Å²) in [7, 11) is 0. The van der Waals surface area contributed by atoms with E-state index in [1.54, 1.807) is 32.6 Å². The van der Waals surface area contributed by atoms with Gasteiger partial charge >= 0.3 is 12.1 Å². The first-order chi connectivity index (χ1) is 18.3. The average Bonchev–Trinajstić information content (AvgIpc) is 3.56. The molecule has 4 unspecified atom stereocenters. The summed E-state index contributed by atoms with van der Waals surface area (Å²) in [5.41, 5.74) is 1.07. The molecule has 0 bridgehead atoms. The van der Waals surface area contributed by atoms with Gasteiger partial charge in [0.05, 0.1) is 13.0 Å². The normalized spacial score (nSPS) is 18.1. The molecule has 1 aliphatic carbocycles. The van der Waals surface area contributed by atoms with Crippen LogP contribution in [0.3, 0.4) is 0 Å². The number of rotatable bonds is 13. The van der Waals surface area contributed by atoms with Gasteiger partial charge in [-0.2, -0.15) is 0 Å². The number of hydrogen-bond acceptors (Lipinski definition) is 6. The Labute approximate surface area is 233 Å². The number of ether oxygens (including phenoxy) is 2. The second-order valence-corrected chi connectivity index (χ2v) is 11.7. The van der Waals surface area contributed by atoms with E-state index in [0.717, 1.165) is 18.4 Å². The average molecular weight is 546 g/mol. The lowest BCUT2D eigenvalue weighted by atomic mass is 9.98. The van der Waals surface area contributed by atoms with Crippen molar-refractivity contribution in [3.05, 3.63) is 35.4 Å². The number of amides is 3. The van der Waals surface area contributed by atoms with Crippen molar-refractivity contribution in [2.75, 3.05) is 13.2 Å². The van der Waals surface area contributed by atoms with E-state index in [-0.39, 0.29) is 49.3 Å². The Balaban J connectivity index is 2.43. The number of carbonyl (C=O) groups is 4. The van der Waals surface area contributed by atoms with Crippen LogP contribution in [0.1, 0.15) is 91.8 Å². The van der Waals surface area contributed by atoms with E-state index in [9.17, 15) is 19.2 Å². The Kier molecular flexibility index (Phi) is 11.8. The first-order valence-corrected chi connectivity index (χ1v) is 14.1. The summed E-state index contributed by atoms with van der Waals surface area (Å²) in [5.74, 6) is -0.789. The molecule has 9 nitrogen and oxygen atoms in total. The smallest absolute Gasteiger partial charge is 0.408 e. The van der Waals surface area contributed by atoms with E-state index >= 15 is 0 Å². The quantitative estimate of drug-likeness (QED) is 0.352. The van der Waals surface area contributed by atoms with E-state index in [4.69, 9.17) is 9.47 Å². The van der Waals surface area contributed by atoms with Gasteiger partial charge in [0.15, 0.2) is 0 Å². The molecule has 0 saturated heterocycles. The number of benzene rings is 1. The van der Waals surface area contributed by atoms with Gasteiger partial charge in [0.25, 0.3) is 0 Å². The van der Waals surface area contributed by atoms with Crippen LogP contribution in [0, 0.1) is 11.8 Å². The van der Waals surface area contributed by atoms with Gasteiger partial charge in [-0.3, -0.25) is 14.4 Å². The summed E-state index contributed by atoms with van der Waals surface area (Å²) in [6.07, 6.45) is 1.35. The highest BCUT2D eigenvalue weighted by Crippen LogP contribution is 2.41. The second kappa shape index (κ2) is 14.3. The van der Waals surface area contributed by atoms with E-state index in [2.05, 4.69) is 17.6 Å². The summed E-state index contributed by atoms with van der Waals surface area (Å²) in [4.78, 5) is 54.1. The van der Waals surface area contributed by atoms with E-state index in [1.165, 1.54) is 0 Å². The van der Waals surface area contributed by atoms with E-state index in [1.807, 2.05) is 45.0 Å². The summed E-state index contributed by atoms with van der Waals surface area (Å²) in [5, 5.41) is 5.61. The van der Waals surface area contributed by atoms with Gasteiger partial charge < -0.3 is 25.0 Å². The summed E-state index contributed by atoms with van der Waals surface area (Å²) in [6.45, 7) is 15.4. The molecule has 1 fully saturated rings. The van der Waals surface area contributed by atoms with Crippen molar-refractivity contribution in [1.82, 2.24) is 15.5 Å². The molecule has 0 radical (unpaired) electrons. The molecule has 1 saturated carbocycles. The molecular weight excluding hydrogens is 498 g/mol. The number of alkyl carbamates (subject to hydrolysis) is 1. The van der Waals surface area contributed by atoms with Gasteiger partial charge in [-0.25, -0.2) is 4.79 Å². The van der Waals surface area contributed by atoms with Crippen molar-refractivity contribution in [1.29, 1.82) is 0 Å². The summed E-state index contributed by atoms with van der Waals surface area (Å²) in [6, 6.07) is 5.73. The van der Waals surface area contributed by atoms with Crippen LogP contribution in [-0.2, 0) is 30.3 Å². The lowest BCUT2D eigenvalue weighted by Gasteiger charge is -2.35. The lowest BCUT2D eigenvalue weighted by Crippen LogP contribution is -2.54. The van der Waals surface area contributed by atoms with Crippen molar-refractivity contribution in [2.24, 2.45) is 11.8 Å². The first kappa shape index (κ1) is 32.1. The molecule has 39 heavy (non-hydrogen) atoms. The van der Waals surface area contributed by atoms with Crippen molar-refractivity contribution in [2.45, 2.75) is 105 Å². The zero-order valence-corrected chi connectivity index (χ0v) is 24.8. The predicted octanol–water partition coefficient (Wildman–Crippen LogP) is 4.54. The molecule has 1 aromatic carbocycles. The molecule has 1 aliphatic rings. The third-order valence-electron chi connectivity index (χ3n) is 6.54. The summed E-state index contributed by atoms with van der Waals surface area (Å²) >= 11 is 0. The highest BCUT2D eigenvalue weighted by atomic mass is 16.6. The van der Waals surface area contributed by atoms with Crippen LogP contribution < -0.4 is 10.6 Å². The van der Waals surface area contributed by atoms with Crippen LogP contribution in [0.5, 0.6) is 0 Å². The van der Waals surface area contributed by atoms with Gasteiger partial charge in [-0.15, -0.1) is 0 Å². The van der Waals surface area contributed by atoms with Crippen molar-refractivity contribution < 1.29 is 28.7 Å². The van der Waals surface area contributed by atoms with Crippen molar-refractivity contribution in [3.63, 3.8) is 0 Å². The van der Waals surface area contributed by atoms with Crippen LogP contribution in [0.2, 0.25) is 0 Å². The number of nitrogens with one attached hydrogen (secondary N) is 2. The van der Waals surface area contributed by atoms with Gasteiger partial charge in [-0.1, -0.05) is 52.0 Å². The molecule has 1 aromatic rings. The fraction of sp³-hybridized carbons (Fsp3) is 0.667. The molecule has 2 N–H and O–H groups in total. The Bertz CT molecular complexity index is 985. The number of nitrogens with zero attached hydrogens (tertiary/aromatic N) is 1. The molecule has 218 valence electrons. The fourth-order valence-electron chi connectivity index (χ4n) is 4.49. The zero-order valence-electron chi connectivity index (χ0n) is 24.8. The van der Waals surface area contributed by atoms with Crippen LogP contribution in [-0.4, -0.2) is 59.6 Å². The van der Waals surface area contributed by atoms with Gasteiger partial charge in [0.2, 0.25) is 11.8 Å². The largest absolute Gasteiger partial charge is 0.466 e. The Morgan fingerprint density at radius 3 is 2.18 bits per heavy atom. The standard InChI is InChI=1S/C30H47N3O6/c1-9-21-11-13-22(14-12-21)26(27(35)31-16-15-25(34)38-10-2)33(24-18-20(24)5)28(36)23(17-19(3)4)32-29(37)39-30(6,7)8/h11-14,19-20,23-24,26H,9-10,15-18H2,1-8H3,(H,31,35)(H,32,37). The highest BCUT2D eigenvalue weighted by molar-refractivity contribution is 5.92. The molecular formula is C30H47N3O6. The molecule has 0 heterocycles. The van der Waals surface area contributed by atoms with Gasteiger partial charge in [-0.05, 0) is 69.9 Å². The second-order valence-electron chi connectivity index (χ2n) is 11.7. The SMILES string of the molecule is CCOC(=O)CCNC(=O)C(c1ccc(CC)cc1)N(C(=O)C(CC(C)C)NC(=O)OC(C)(C)C)C1CC1C. The van der Waals surface area contributed by atoms with Crippen molar-refractivity contribution in [3.8, 4) is 0 Å². The van der Waals surface area contributed by atoms with Crippen LogP contribution >= 0.6 is 0 Å². The minimum atomic E-state index is -0.921. The number of aryl methyl sites for hydroxylation is 1. The first-order valence-electron chi connectivity index (χ1n) is 14.1. The predicted molar refractivity (Wildman–Crippen MR) is 150 cm³/mol. The molecule has 2 rings (SSSR count). The minimum Gasteiger partial charge on any atom is -0.466 e. The third kappa shape index (κ3) is 10.2. The van der Waals surface area contributed by atoms with Crippen LogP contribution in [0.15, 0.2) is 24.3 Å². The van der Waals surface area contributed by atoms with Crippen LogP contribution in [0.25, 0.3) is 0 Å². The molecule has 3 amide bonds. The maximum absolute atomic E-state index is 14.2. The molecule has 9 heteroatoms. The number of carbonyl (C=O) groups excluding carboxylic acids is 4. The highest BCUT2D eigenvalue weighted by Gasteiger charge is 2.48. The van der Waals surface area contributed by atoms with Gasteiger partial charge in [0.1, 0.15) is 17.7 Å². The molecule has 0 spiro atoms. The Morgan fingerprint density at radius 1 is 1.08 bits per heavy atom. The van der Waals surface area contributed by atoms with Gasteiger partial charge in [0, 0.05) is 12.6 Å². The number of esters is 1. The van der Waals surface area contributed by atoms with Crippen LogP contribution in [0.4, 0.5) is 4.79 Å². The van der Waals surface area contributed by atoms with E-state index in [0.29, 0.717) is 12.0 Å². The van der Waals surface area contributed by atoms with Crippen molar-refractivity contribution >= 4 is 23.9 Å². The molecule has 0 aliphatic heterocycles. The minimum absolute atomic E-state index is 0.0328. The summed E-state index contributed by atoms with van der Waals surface area (Å²) < 4.78 is 10.4. The Hall–Kier alpha value is -3.10. The maximum Gasteiger partial charge on any atom is 0.408 e. The lowest BCUT2D eigenvalue weighted by molar-refractivity contribution is -0.145. The van der Waals surface area contributed by atoms with E-state index < -0.39 is 29.7 Å². The fourth-order valence-corrected chi connectivity index (χ4v) is 4.49. The Morgan fingerprint density at radius 2 is 1.69 bits per heavy atom. The molecule has 4 atom stereocenters. The third-order valence-corrected chi connectivity index (χ3v) is 6.54. The monoisotopic (exact) mass is 545 g/mol. The zero-order chi connectivity index (χ0) is 29.3. The molecule has 0 aromatic heterocycles. The topological polar surface area (TPSA) is 114 Å². The number of hydrogen-bond donors (Lipinski definition) is 2. The maximum atomic E-state index is 14.2.